The number of hydrogen-bond acceptors (Lipinski definition) is 5. The maximum atomic E-state index is 12.1. The van der Waals surface area contributed by atoms with Crippen LogP contribution >= 0.6 is 11.6 Å². The summed E-state index contributed by atoms with van der Waals surface area (Å²) < 4.78 is 17.0. The van der Waals surface area contributed by atoms with Crippen molar-refractivity contribution in [3.8, 4) is 0 Å². The van der Waals surface area contributed by atoms with E-state index in [1.807, 2.05) is 27.7 Å². The summed E-state index contributed by atoms with van der Waals surface area (Å²) >= 11 is 6.06. The Hall–Kier alpha value is -1.11. The van der Waals surface area contributed by atoms with E-state index in [1.54, 1.807) is 13.0 Å². The molecule has 1 fully saturated rings. The van der Waals surface area contributed by atoms with E-state index in [0.717, 1.165) is 0 Å². The number of pyridine rings is 1. The first-order valence-electron chi connectivity index (χ1n) is 6.87. The van der Waals surface area contributed by atoms with E-state index in [9.17, 15) is 4.79 Å². The summed E-state index contributed by atoms with van der Waals surface area (Å²) in [5.41, 5.74) is -0.273. The second-order valence-electron chi connectivity index (χ2n) is 5.87. The Morgan fingerprint density at radius 3 is 2.43 bits per heavy atom. The minimum absolute atomic E-state index is 0.0839. The number of aromatic nitrogens is 1. The first-order valence-corrected chi connectivity index (χ1v) is 7.24. The van der Waals surface area contributed by atoms with Crippen LogP contribution in [0.1, 0.15) is 45.0 Å². The first-order chi connectivity index (χ1) is 9.69. The number of ether oxygens (including phenoxy) is 1. The van der Waals surface area contributed by atoms with E-state index in [4.69, 9.17) is 25.6 Å². The molecule has 0 aliphatic carbocycles. The molecule has 1 aliphatic rings. The molecule has 0 spiro atoms. The summed E-state index contributed by atoms with van der Waals surface area (Å²) in [5.74, 6) is -0.527. The van der Waals surface area contributed by atoms with Crippen molar-refractivity contribution in [2.75, 3.05) is 6.61 Å². The lowest BCUT2D eigenvalue weighted by molar-refractivity contribution is 0.00578. The number of halogens is 1. The van der Waals surface area contributed by atoms with Gasteiger partial charge in [-0.1, -0.05) is 11.6 Å². The third kappa shape index (κ3) is 2.93. The summed E-state index contributed by atoms with van der Waals surface area (Å²) in [6.45, 7) is 9.77. The predicted molar refractivity (Wildman–Crippen MR) is 80.9 cm³/mol. The Morgan fingerprint density at radius 1 is 1.33 bits per heavy atom. The number of nitrogens with zero attached hydrogens (tertiary/aromatic N) is 1. The second-order valence-corrected chi connectivity index (χ2v) is 6.23. The minimum Gasteiger partial charge on any atom is -0.462 e. The Labute approximate surface area is 130 Å². The zero-order chi connectivity index (χ0) is 15.8. The fraction of sp³-hybridized carbons (Fsp3) is 0.571. The van der Waals surface area contributed by atoms with Gasteiger partial charge in [0.15, 0.2) is 0 Å². The molecule has 1 aromatic heterocycles. The van der Waals surface area contributed by atoms with Crippen LogP contribution in [0.25, 0.3) is 0 Å². The highest BCUT2D eigenvalue weighted by molar-refractivity contribution is 6.64. The molecular weight excluding hydrogens is 292 g/mol. The number of carbonyl (C=O) groups is 1. The van der Waals surface area contributed by atoms with Gasteiger partial charge in [-0.15, -0.1) is 0 Å². The second kappa shape index (κ2) is 5.59. The SMILES string of the molecule is CCOC(=O)c1c(B2OC(C)(C)C(C)(C)O2)ccnc1Cl. The molecule has 114 valence electrons. The van der Waals surface area contributed by atoms with Gasteiger partial charge in [-0.2, -0.15) is 0 Å². The molecule has 0 aromatic carbocycles. The van der Waals surface area contributed by atoms with Gasteiger partial charge >= 0.3 is 13.1 Å². The summed E-state index contributed by atoms with van der Waals surface area (Å²) in [5, 5.41) is 0.0839. The van der Waals surface area contributed by atoms with Gasteiger partial charge in [0.1, 0.15) is 5.15 Å². The van der Waals surface area contributed by atoms with Crippen molar-refractivity contribution in [3.63, 3.8) is 0 Å². The molecule has 0 amide bonds. The van der Waals surface area contributed by atoms with E-state index in [1.165, 1.54) is 6.20 Å². The van der Waals surface area contributed by atoms with Crippen molar-refractivity contribution in [1.29, 1.82) is 0 Å². The van der Waals surface area contributed by atoms with E-state index >= 15 is 0 Å². The molecule has 0 N–H and O–H groups in total. The molecule has 0 bridgehead atoms. The van der Waals surface area contributed by atoms with Crippen molar-refractivity contribution >= 4 is 30.2 Å². The van der Waals surface area contributed by atoms with Crippen LogP contribution in [0.5, 0.6) is 0 Å². The lowest BCUT2D eigenvalue weighted by atomic mass is 9.76. The van der Waals surface area contributed by atoms with Crippen molar-refractivity contribution in [2.45, 2.75) is 45.8 Å². The van der Waals surface area contributed by atoms with E-state index in [2.05, 4.69) is 4.98 Å². The molecule has 2 heterocycles. The molecule has 7 heteroatoms. The molecular formula is C14H19BClNO4. The van der Waals surface area contributed by atoms with E-state index in [0.29, 0.717) is 5.46 Å². The molecule has 0 unspecified atom stereocenters. The van der Waals surface area contributed by atoms with Gasteiger partial charge < -0.3 is 14.0 Å². The van der Waals surface area contributed by atoms with Crippen LogP contribution < -0.4 is 5.46 Å². The van der Waals surface area contributed by atoms with Crippen LogP contribution in [0, 0.1) is 0 Å². The lowest BCUT2D eigenvalue weighted by Crippen LogP contribution is -2.41. The fourth-order valence-corrected chi connectivity index (χ4v) is 2.26. The van der Waals surface area contributed by atoms with Crippen LogP contribution in [0.3, 0.4) is 0 Å². The average molecular weight is 312 g/mol. The average Bonchev–Trinajstić information content (AvgIpc) is 2.58. The highest BCUT2D eigenvalue weighted by atomic mass is 35.5. The largest absolute Gasteiger partial charge is 0.495 e. The third-order valence-corrected chi connectivity index (χ3v) is 4.21. The summed E-state index contributed by atoms with van der Waals surface area (Å²) in [6, 6.07) is 1.67. The molecule has 1 aliphatic heterocycles. The number of esters is 1. The zero-order valence-electron chi connectivity index (χ0n) is 12.9. The quantitative estimate of drug-likeness (QED) is 0.487. The number of carbonyl (C=O) groups excluding carboxylic acids is 1. The van der Waals surface area contributed by atoms with E-state index in [-0.39, 0.29) is 17.3 Å². The van der Waals surface area contributed by atoms with Gasteiger partial charge in [0.25, 0.3) is 0 Å². The Kier molecular flexibility index (Phi) is 4.33. The van der Waals surface area contributed by atoms with Gasteiger partial charge in [0.05, 0.1) is 23.4 Å². The Bertz CT molecular complexity index is 546. The molecule has 0 atom stereocenters. The third-order valence-electron chi connectivity index (χ3n) is 3.92. The van der Waals surface area contributed by atoms with Crippen molar-refractivity contribution in [3.05, 3.63) is 23.0 Å². The normalized spacial score (nSPS) is 19.6. The molecule has 0 radical (unpaired) electrons. The maximum absolute atomic E-state index is 12.1. The van der Waals surface area contributed by atoms with Crippen LogP contribution in [0.15, 0.2) is 12.3 Å². The molecule has 2 rings (SSSR count). The Morgan fingerprint density at radius 2 is 1.90 bits per heavy atom. The standard InChI is InChI=1S/C14H19BClNO4/c1-6-19-12(18)10-9(7-8-17-11(10)16)15-20-13(2,3)14(4,5)21-15/h7-8H,6H2,1-5H3. The highest BCUT2D eigenvalue weighted by Gasteiger charge is 2.52. The topological polar surface area (TPSA) is 57.7 Å². The maximum Gasteiger partial charge on any atom is 0.495 e. The lowest BCUT2D eigenvalue weighted by Gasteiger charge is -2.32. The Balaban J connectivity index is 2.42. The summed E-state index contributed by atoms with van der Waals surface area (Å²) in [6.07, 6.45) is 1.52. The zero-order valence-corrected chi connectivity index (χ0v) is 13.7. The van der Waals surface area contributed by atoms with Gasteiger partial charge in [0.2, 0.25) is 0 Å². The van der Waals surface area contributed by atoms with E-state index < -0.39 is 24.3 Å². The number of rotatable bonds is 3. The molecule has 1 aromatic rings. The van der Waals surface area contributed by atoms with Gasteiger partial charge in [-0.3, -0.25) is 0 Å². The smallest absolute Gasteiger partial charge is 0.462 e. The van der Waals surface area contributed by atoms with Gasteiger partial charge in [-0.05, 0) is 40.7 Å². The molecule has 1 saturated heterocycles. The monoisotopic (exact) mass is 311 g/mol. The highest BCUT2D eigenvalue weighted by Crippen LogP contribution is 2.36. The van der Waals surface area contributed by atoms with Crippen LogP contribution in [-0.2, 0) is 14.0 Å². The van der Waals surface area contributed by atoms with Gasteiger partial charge in [-0.25, -0.2) is 9.78 Å². The van der Waals surface area contributed by atoms with Crippen LogP contribution in [0.4, 0.5) is 0 Å². The minimum atomic E-state index is -0.685. The molecule has 0 saturated carbocycles. The fourth-order valence-electron chi connectivity index (χ4n) is 2.02. The van der Waals surface area contributed by atoms with Crippen LogP contribution in [0.2, 0.25) is 5.15 Å². The predicted octanol–water partition coefficient (Wildman–Crippen LogP) is 2.21. The van der Waals surface area contributed by atoms with Crippen molar-refractivity contribution < 1.29 is 18.8 Å². The van der Waals surface area contributed by atoms with Crippen LogP contribution in [-0.4, -0.2) is 35.9 Å². The first kappa shape index (κ1) is 16.3. The summed E-state index contributed by atoms with van der Waals surface area (Å²) in [4.78, 5) is 16.0. The van der Waals surface area contributed by atoms with Gasteiger partial charge in [0, 0.05) is 11.7 Å². The van der Waals surface area contributed by atoms with Crippen molar-refractivity contribution in [2.24, 2.45) is 0 Å². The summed E-state index contributed by atoms with van der Waals surface area (Å²) in [7, 11) is -0.685. The van der Waals surface area contributed by atoms with Crippen molar-refractivity contribution in [1.82, 2.24) is 4.98 Å². The molecule has 21 heavy (non-hydrogen) atoms. The molecule has 5 nitrogen and oxygen atoms in total. The number of hydrogen-bond donors (Lipinski definition) is 0.